The van der Waals surface area contributed by atoms with E-state index in [1.54, 1.807) is 12.1 Å². The first-order valence-corrected chi connectivity index (χ1v) is 5.27. The fraction of sp³-hybridized carbons (Fsp3) is 0.308. The predicted octanol–water partition coefficient (Wildman–Crippen LogP) is 2.65. The van der Waals surface area contributed by atoms with Gasteiger partial charge in [-0.3, -0.25) is 0 Å². The molecule has 3 nitrogen and oxygen atoms in total. The minimum absolute atomic E-state index is 0.254. The van der Waals surface area contributed by atoms with E-state index in [0.717, 1.165) is 15.9 Å². The van der Waals surface area contributed by atoms with Gasteiger partial charge in [0.1, 0.15) is 11.4 Å². The predicted molar refractivity (Wildman–Crippen MR) is 63.3 cm³/mol. The molecule has 0 saturated heterocycles. The molecule has 0 fully saturated rings. The number of hydrogen-bond acceptors (Lipinski definition) is 2. The molecule has 2 rings (SSSR count). The molecule has 0 aliphatic carbocycles. The lowest BCUT2D eigenvalue weighted by Gasteiger charge is -2.21. The van der Waals surface area contributed by atoms with Crippen LogP contribution in [0.25, 0.3) is 10.9 Å². The highest BCUT2D eigenvalue weighted by atomic mass is 16.5. The molecule has 0 amide bonds. The number of pyridine rings is 1. The average molecular weight is 217 g/mol. The largest absolute Gasteiger partial charge is 0.618 e. The molecule has 0 bridgehead atoms. The van der Waals surface area contributed by atoms with E-state index in [2.05, 4.69) is 0 Å². The standard InChI is InChI=1S/C13H15NO2/c1-13(2,3)16-11-7-6-10-5-4-8-14(15)12(10)9-11/h4-9H,1-3H3. The normalized spacial score (nSPS) is 11.7. The first-order chi connectivity index (χ1) is 7.46. The fourth-order valence-electron chi connectivity index (χ4n) is 1.58. The summed E-state index contributed by atoms with van der Waals surface area (Å²) in [5, 5.41) is 12.5. The first-order valence-electron chi connectivity index (χ1n) is 5.27. The van der Waals surface area contributed by atoms with Gasteiger partial charge in [-0.05, 0) is 39.0 Å². The van der Waals surface area contributed by atoms with Crippen molar-refractivity contribution in [3.05, 3.63) is 41.7 Å². The molecular formula is C13H15NO2. The summed E-state index contributed by atoms with van der Waals surface area (Å²) in [4.78, 5) is 0. The van der Waals surface area contributed by atoms with Gasteiger partial charge in [-0.25, -0.2) is 0 Å². The number of nitrogens with zero attached hydrogens (tertiary/aromatic N) is 1. The van der Waals surface area contributed by atoms with Gasteiger partial charge in [-0.1, -0.05) is 0 Å². The van der Waals surface area contributed by atoms with Gasteiger partial charge in [0.15, 0.2) is 6.20 Å². The topological polar surface area (TPSA) is 36.2 Å². The third-order valence-corrected chi connectivity index (χ3v) is 2.16. The summed E-state index contributed by atoms with van der Waals surface area (Å²) in [6, 6.07) is 9.19. The summed E-state index contributed by atoms with van der Waals surface area (Å²) < 4.78 is 6.56. The van der Waals surface area contributed by atoms with E-state index < -0.39 is 0 Å². The minimum atomic E-state index is -0.254. The number of hydrogen-bond donors (Lipinski definition) is 0. The quantitative estimate of drug-likeness (QED) is 0.544. The van der Waals surface area contributed by atoms with Crippen LogP contribution in [-0.4, -0.2) is 5.60 Å². The Morgan fingerprint density at radius 3 is 2.62 bits per heavy atom. The summed E-state index contributed by atoms with van der Waals surface area (Å²) in [5.74, 6) is 0.718. The van der Waals surface area contributed by atoms with Crippen LogP contribution in [0.15, 0.2) is 36.5 Å². The third kappa shape index (κ3) is 2.24. The highest BCUT2D eigenvalue weighted by Gasteiger charge is 2.13. The van der Waals surface area contributed by atoms with Crippen molar-refractivity contribution in [2.75, 3.05) is 0 Å². The second kappa shape index (κ2) is 3.67. The number of rotatable bonds is 1. The maximum absolute atomic E-state index is 11.6. The van der Waals surface area contributed by atoms with Crippen LogP contribution < -0.4 is 9.47 Å². The molecule has 0 atom stereocenters. The van der Waals surface area contributed by atoms with Crippen molar-refractivity contribution in [1.82, 2.24) is 0 Å². The van der Waals surface area contributed by atoms with Gasteiger partial charge in [-0.2, -0.15) is 4.73 Å². The van der Waals surface area contributed by atoms with Crippen LogP contribution in [0.3, 0.4) is 0 Å². The van der Waals surface area contributed by atoms with Gasteiger partial charge in [0, 0.05) is 11.5 Å². The molecule has 0 radical (unpaired) electrons. The maximum atomic E-state index is 11.6. The molecule has 1 heterocycles. The van der Waals surface area contributed by atoms with E-state index in [1.165, 1.54) is 6.20 Å². The van der Waals surface area contributed by atoms with Crippen LogP contribution in [0.1, 0.15) is 20.8 Å². The highest BCUT2D eigenvalue weighted by molar-refractivity contribution is 5.77. The van der Waals surface area contributed by atoms with Crippen LogP contribution in [0.4, 0.5) is 0 Å². The van der Waals surface area contributed by atoms with Crippen molar-refractivity contribution in [2.24, 2.45) is 0 Å². The van der Waals surface area contributed by atoms with E-state index in [-0.39, 0.29) is 5.60 Å². The first kappa shape index (κ1) is 10.7. The Hall–Kier alpha value is -1.77. The molecule has 1 aromatic carbocycles. The summed E-state index contributed by atoms with van der Waals surface area (Å²) in [6.07, 6.45) is 1.49. The Labute approximate surface area is 94.9 Å². The Kier molecular flexibility index (Phi) is 2.46. The number of fused-ring (bicyclic) bond motifs is 1. The molecule has 0 unspecified atom stereocenters. The van der Waals surface area contributed by atoms with Gasteiger partial charge < -0.3 is 9.94 Å². The molecule has 3 heteroatoms. The average Bonchev–Trinajstić information content (AvgIpc) is 2.17. The lowest BCUT2D eigenvalue weighted by atomic mass is 10.1. The second-order valence-electron chi connectivity index (χ2n) is 4.77. The molecule has 16 heavy (non-hydrogen) atoms. The number of benzene rings is 1. The van der Waals surface area contributed by atoms with Crippen molar-refractivity contribution >= 4 is 10.9 Å². The van der Waals surface area contributed by atoms with Crippen LogP contribution in [0.2, 0.25) is 0 Å². The van der Waals surface area contributed by atoms with E-state index >= 15 is 0 Å². The summed E-state index contributed by atoms with van der Waals surface area (Å²) in [6.45, 7) is 5.94. The minimum Gasteiger partial charge on any atom is -0.618 e. The molecule has 0 aliphatic heterocycles. The Balaban J connectivity index is 2.47. The van der Waals surface area contributed by atoms with Crippen LogP contribution >= 0.6 is 0 Å². The van der Waals surface area contributed by atoms with E-state index in [4.69, 9.17) is 4.74 Å². The SMILES string of the molecule is CC(C)(C)Oc1ccc2ccc[n+]([O-])c2c1. The van der Waals surface area contributed by atoms with Crippen molar-refractivity contribution in [2.45, 2.75) is 26.4 Å². The summed E-state index contributed by atoms with van der Waals surface area (Å²) in [7, 11) is 0. The zero-order valence-corrected chi connectivity index (χ0v) is 9.73. The monoisotopic (exact) mass is 217 g/mol. The van der Waals surface area contributed by atoms with Crippen LogP contribution in [-0.2, 0) is 0 Å². The molecule has 0 N–H and O–H groups in total. The Morgan fingerprint density at radius 1 is 1.19 bits per heavy atom. The van der Waals surface area contributed by atoms with E-state index in [0.29, 0.717) is 5.52 Å². The number of ether oxygens (including phenoxy) is 1. The Bertz CT molecular complexity index is 515. The molecule has 2 aromatic rings. The third-order valence-electron chi connectivity index (χ3n) is 2.16. The maximum Gasteiger partial charge on any atom is 0.227 e. The molecule has 0 aliphatic rings. The second-order valence-corrected chi connectivity index (χ2v) is 4.77. The summed E-state index contributed by atoms with van der Waals surface area (Å²) in [5.41, 5.74) is 0.375. The van der Waals surface area contributed by atoms with Crippen LogP contribution in [0.5, 0.6) is 5.75 Å². The van der Waals surface area contributed by atoms with Crippen molar-refractivity contribution in [3.8, 4) is 5.75 Å². The van der Waals surface area contributed by atoms with Crippen molar-refractivity contribution in [1.29, 1.82) is 0 Å². The van der Waals surface area contributed by atoms with Crippen molar-refractivity contribution in [3.63, 3.8) is 0 Å². The van der Waals surface area contributed by atoms with Gasteiger partial charge >= 0.3 is 0 Å². The molecule has 1 aromatic heterocycles. The van der Waals surface area contributed by atoms with Gasteiger partial charge in [0.05, 0.1) is 6.07 Å². The van der Waals surface area contributed by atoms with Crippen molar-refractivity contribution < 1.29 is 9.47 Å². The van der Waals surface area contributed by atoms with E-state index in [9.17, 15) is 5.21 Å². The fourth-order valence-corrected chi connectivity index (χ4v) is 1.58. The molecule has 0 saturated carbocycles. The smallest absolute Gasteiger partial charge is 0.227 e. The number of aromatic nitrogens is 1. The van der Waals surface area contributed by atoms with Gasteiger partial charge in [-0.15, -0.1) is 0 Å². The zero-order chi connectivity index (χ0) is 11.8. The molecular weight excluding hydrogens is 202 g/mol. The van der Waals surface area contributed by atoms with Crippen LogP contribution in [0, 0.1) is 5.21 Å². The Morgan fingerprint density at radius 2 is 1.94 bits per heavy atom. The lowest BCUT2D eigenvalue weighted by Crippen LogP contribution is -2.26. The molecule has 84 valence electrons. The van der Waals surface area contributed by atoms with Gasteiger partial charge in [0.25, 0.3) is 0 Å². The highest BCUT2D eigenvalue weighted by Crippen LogP contribution is 2.21. The summed E-state index contributed by atoms with van der Waals surface area (Å²) >= 11 is 0. The van der Waals surface area contributed by atoms with E-state index in [1.807, 2.05) is 39.0 Å². The van der Waals surface area contributed by atoms with Gasteiger partial charge in [0.2, 0.25) is 5.52 Å². The zero-order valence-electron chi connectivity index (χ0n) is 9.73. The molecule has 0 spiro atoms. The lowest BCUT2D eigenvalue weighted by molar-refractivity contribution is -0.577.